The highest BCUT2D eigenvalue weighted by atomic mass is 32.2. The molecule has 112 valence electrons. The van der Waals surface area contributed by atoms with Gasteiger partial charge in [-0.1, -0.05) is 36.3 Å². The number of aryl methyl sites for hydroxylation is 1. The fourth-order valence-corrected chi connectivity index (χ4v) is 2.83. The molecule has 0 fully saturated rings. The monoisotopic (exact) mass is 307 g/mol. The summed E-state index contributed by atoms with van der Waals surface area (Å²) in [7, 11) is -3.84. The first-order chi connectivity index (χ1) is 9.91. The van der Waals surface area contributed by atoms with Crippen molar-refractivity contribution in [1.82, 2.24) is 4.31 Å². The predicted octanol–water partition coefficient (Wildman–Crippen LogP) is 1.35. The van der Waals surface area contributed by atoms with Gasteiger partial charge in [0, 0.05) is 0 Å². The van der Waals surface area contributed by atoms with Gasteiger partial charge in [-0.05, 0) is 19.1 Å². The van der Waals surface area contributed by atoms with Crippen LogP contribution in [0.2, 0.25) is 0 Å². The molecule has 1 aromatic rings. The third kappa shape index (κ3) is 4.74. The minimum Gasteiger partial charge on any atom is -0.460 e. The second kappa shape index (κ2) is 7.62. The molecule has 6 heteroatoms. The summed E-state index contributed by atoms with van der Waals surface area (Å²) < 4.78 is 30.6. The topological polar surface area (TPSA) is 63.7 Å². The van der Waals surface area contributed by atoms with Crippen LogP contribution in [0.1, 0.15) is 5.56 Å². The van der Waals surface area contributed by atoms with Crippen LogP contribution >= 0.6 is 0 Å². The number of benzene rings is 1. The molecule has 21 heavy (non-hydrogen) atoms. The largest absolute Gasteiger partial charge is 0.460 e. The smallest absolute Gasteiger partial charge is 0.321 e. The van der Waals surface area contributed by atoms with Gasteiger partial charge in [-0.2, -0.15) is 4.31 Å². The Kier molecular flexibility index (Phi) is 6.15. The molecule has 0 aliphatic rings. The summed E-state index contributed by atoms with van der Waals surface area (Å²) in [6, 6.07) is 6.31. The van der Waals surface area contributed by atoms with Gasteiger partial charge in [0.1, 0.15) is 13.2 Å². The van der Waals surface area contributed by atoms with Crippen LogP contribution in [0.5, 0.6) is 0 Å². The second-order valence-electron chi connectivity index (χ2n) is 4.26. The van der Waals surface area contributed by atoms with Crippen molar-refractivity contribution in [2.75, 3.05) is 19.7 Å². The number of terminal acetylenes is 1. The number of ether oxygens (including phenoxy) is 1. The zero-order valence-corrected chi connectivity index (χ0v) is 12.6. The number of rotatable bonds is 7. The molecule has 0 heterocycles. The third-order valence-electron chi connectivity index (χ3n) is 2.59. The molecule has 0 aliphatic carbocycles. The maximum Gasteiger partial charge on any atom is 0.321 e. The van der Waals surface area contributed by atoms with Crippen LogP contribution in [0.4, 0.5) is 0 Å². The number of nitrogens with zero attached hydrogens (tertiary/aromatic N) is 1. The molecule has 0 atom stereocenters. The number of hydrogen-bond donors (Lipinski definition) is 0. The Balaban J connectivity index is 2.98. The average Bonchev–Trinajstić information content (AvgIpc) is 2.45. The van der Waals surface area contributed by atoms with Crippen molar-refractivity contribution in [1.29, 1.82) is 0 Å². The van der Waals surface area contributed by atoms with E-state index in [1.165, 1.54) is 18.2 Å². The Hall–Kier alpha value is -2.10. The summed E-state index contributed by atoms with van der Waals surface area (Å²) in [4.78, 5) is 11.7. The van der Waals surface area contributed by atoms with Crippen molar-refractivity contribution in [2.45, 2.75) is 11.8 Å². The highest BCUT2D eigenvalue weighted by Gasteiger charge is 2.26. The Bertz CT molecular complexity index is 641. The minimum absolute atomic E-state index is 0.0211. The standard InChI is InChI=1S/C15H17NO4S/c1-4-10-16(12-15(17)20-11-5-2)21(18,19)14-8-6-13(3)7-9-14/h1,5-9H,2,10-12H2,3H3. The number of sulfonamides is 1. The maximum absolute atomic E-state index is 12.4. The highest BCUT2D eigenvalue weighted by molar-refractivity contribution is 7.89. The van der Waals surface area contributed by atoms with Gasteiger partial charge in [-0.15, -0.1) is 6.42 Å². The van der Waals surface area contributed by atoms with Gasteiger partial charge in [0.25, 0.3) is 0 Å². The molecular formula is C15H17NO4S. The molecule has 0 N–H and O–H groups in total. The molecule has 1 aromatic carbocycles. The zero-order valence-electron chi connectivity index (χ0n) is 11.8. The summed E-state index contributed by atoms with van der Waals surface area (Å²) in [6.07, 6.45) is 6.58. The van der Waals surface area contributed by atoms with E-state index in [0.29, 0.717) is 0 Å². The van der Waals surface area contributed by atoms with Gasteiger partial charge in [-0.25, -0.2) is 8.42 Å². The average molecular weight is 307 g/mol. The molecular weight excluding hydrogens is 290 g/mol. The number of carbonyl (C=O) groups is 1. The number of esters is 1. The summed E-state index contributed by atoms with van der Waals surface area (Å²) in [5, 5.41) is 0. The van der Waals surface area contributed by atoms with Crippen LogP contribution in [0.15, 0.2) is 41.8 Å². The molecule has 0 radical (unpaired) electrons. The fourth-order valence-electron chi connectivity index (χ4n) is 1.53. The van der Waals surface area contributed by atoms with Gasteiger partial charge < -0.3 is 4.74 Å². The fraction of sp³-hybridized carbons (Fsp3) is 0.267. The molecule has 0 unspecified atom stereocenters. The van der Waals surface area contributed by atoms with Crippen molar-refractivity contribution in [3.8, 4) is 12.3 Å². The van der Waals surface area contributed by atoms with Gasteiger partial charge in [-0.3, -0.25) is 4.79 Å². The lowest BCUT2D eigenvalue weighted by Gasteiger charge is -2.19. The Morgan fingerprint density at radius 3 is 2.57 bits per heavy atom. The van der Waals surface area contributed by atoms with Crippen molar-refractivity contribution in [3.63, 3.8) is 0 Å². The Labute approximate surface area is 125 Å². The van der Waals surface area contributed by atoms with Crippen molar-refractivity contribution >= 4 is 16.0 Å². The van der Waals surface area contributed by atoms with E-state index in [4.69, 9.17) is 11.2 Å². The van der Waals surface area contributed by atoms with E-state index in [2.05, 4.69) is 12.5 Å². The summed E-state index contributed by atoms with van der Waals surface area (Å²) in [6.45, 7) is 4.64. The van der Waals surface area contributed by atoms with Gasteiger partial charge in [0.15, 0.2) is 0 Å². The van der Waals surface area contributed by atoms with E-state index in [9.17, 15) is 13.2 Å². The third-order valence-corrected chi connectivity index (χ3v) is 4.40. The lowest BCUT2D eigenvalue weighted by Crippen LogP contribution is -2.36. The zero-order chi connectivity index (χ0) is 15.9. The van der Waals surface area contributed by atoms with Crippen LogP contribution in [0.25, 0.3) is 0 Å². The van der Waals surface area contributed by atoms with Crippen LogP contribution in [0.3, 0.4) is 0 Å². The molecule has 0 spiro atoms. The molecule has 0 saturated carbocycles. The van der Waals surface area contributed by atoms with Crippen LogP contribution in [-0.4, -0.2) is 38.4 Å². The van der Waals surface area contributed by atoms with Gasteiger partial charge in [0.2, 0.25) is 10.0 Å². The minimum atomic E-state index is -3.84. The summed E-state index contributed by atoms with van der Waals surface area (Å²) >= 11 is 0. The van der Waals surface area contributed by atoms with E-state index >= 15 is 0 Å². The predicted molar refractivity (Wildman–Crippen MR) is 79.9 cm³/mol. The van der Waals surface area contributed by atoms with E-state index in [0.717, 1.165) is 9.87 Å². The molecule has 0 amide bonds. The van der Waals surface area contributed by atoms with E-state index in [1.807, 2.05) is 6.92 Å². The maximum atomic E-state index is 12.4. The molecule has 0 aromatic heterocycles. The lowest BCUT2D eigenvalue weighted by atomic mass is 10.2. The lowest BCUT2D eigenvalue weighted by molar-refractivity contribution is -0.142. The van der Waals surface area contributed by atoms with Crippen LogP contribution in [-0.2, 0) is 19.6 Å². The van der Waals surface area contributed by atoms with Gasteiger partial charge >= 0.3 is 5.97 Å². The molecule has 0 aliphatic heterocycles. The van der Waals surface area contributed by atoms with Crippen LogP contribution in [0, 0.1) is 19.3 Å². The second-order valence-corrected chi connectivity index (χ2v) is 6.20. The molecule has 0 saturated heterocycles. The molecule has 5 nitrogen and oxygen atoms in total. The number of hydrogen-bond acceptors (Lipinski definition) is 4. The first-order valence-corrected chi connectivity index (χ1v) is 7.62. The van der Waals surface area contributed by atoms with Crippen molar-refractivity contribution in [2.24, 2.45) is 0 Å². The van der Waals surface area contributed by atoms with Gasteiger partial charge in [0.05, 0.1) is 11.4 Å². The summed E-state index contributed by atoms with van der Waals surface area (Å²) in [5.74, 6) is 1.56. The normalized spacial score (nSPS) is 10.9. The van der Waals surface area contributed by atoms with Crippen molar-refractivity contribution < 1.29 is 17.9 Å². The highest BCUT2D eigenvalue weighted by Crippen LogP contribution is 2.16. The van der Waals surface area contributed by atoms with E-state index in [-0.39, 0.29) is 18.0 Å². The Morgan fingerprint density at radius 1 is 1.43 bits per heavy atom. The van der Waals surface area contributed by atoms with Crippen LogP contribution < -0.4 is 0 Å². The summed E-state index contributed by atoms with van der Waals surface area (Å²) in [5.41, 5.74) is 0.933. The van der Waals surface area contributed by atoms with Crippen molar-refractivity contribution in [3.05, 3.63) is 42.5 Å². The van der Waals surface area contributed by atoms with E-state index < -0.39 is 22.5 Å². The first kappa shape index (κ1) is 17.0. The molecule has 1 rings (SSSR count). The SMILES string of the molecule is C#CCN(CC(=O)OCC=C)S(=O)(=O)c1ccc(C)cc1. The quantitative estimate of drug-likeness (QED) is 0.433. The molecule has 0 bridgehead atoms. The Morgan fingerprint density at radius 2 is 2.05 bits per heavy atom. The first-order valence-electron chi connectivity index (χ1n) is 6.18. The van der Waals surface area contributed by atoms with E-state index in [1.54, 1.807) is 12.1 Å². The number of carbonyl (C=O) groups excluding carboxylic acids is 1.